The van der Waals surface area contributed by atoms with E-state index in [2.05, 4.69) is 26.0 Å². The Bertz CT molecular complexity index is 118. The minimum atomic E-state index is 0.435. The lowest BCUT2D eigenvalue weighted by molar-refractivity contribution is 0.0315. The molecule has 1 nitrogen and oxygen atoms in total. The number of rotatable bonds is 0. The van der Waals surface area contributed by atoms with E-state index in [1.807, 2.05) is 0 Å². The van der Waals surface area contributed by atoms with Crippen molar-refractivity contribution in [1.29, 1.82) is 0 Å². The van der Waals surface area contributed by atoms with Crippen LogP contribution < -0.4 is 0 Å². The molecule has 10 heavy (non-hydrogen) atoms. The maximum absolute atomic E-state index is 5.54. The molecule has 0 aromatic carbocycles. The lowest BCUT2D eigenvalue weighted by Gasteiger charge is -2.20. The zero-order chi connectivity index (χ0) is 7.40. The van der Waals surface area contributed by atoms with Crippen LogP contribution >= 0.6 is 0 Å². The molecular weight excluding hydrogens is 124 g/mol. The zero-order valence-electron chi connectivity index (χ0n) is 6.84. The van der Waals surface area contributed by atoms with Gasteiger partial charge in [-0.15, -0.1) is 0 Å². The SMILES string of the molecule is CC1C/C=C\CCOC1C. The first kappa shape index (κ1) is 7.80. The van der Waals surface area contributed by atoms with Gasteiger partial charge in [0, 0.05) is 0 Å². The standard InChI is InChI=1S/C9H16O/c1-8-6-4-3-5-7-10-9(8)2/h3-4,8-9H,5-7H2,1-2H3/b4-3-. The van der Waals surface area contributed by atoms with Crippen LogP contribution in [-0.2, 0) is 4.74 Å². The predicted molar refractivity (Wildman–Crippen MR) is 43.0 cm³/mol. The van der Waals surface area contributed by atoms with Crippen LogP contribution in [0.15, 0.2) is 12.2 Å². The van der Waals surface area contributed by atoms with Gasteiger partial charge in [-0.2, -0.15) is 0 Å². The fourth-order valence-electron chi connectivity index (χ4n) is 1.11. The second kappa shape index (κ2) is 3.77. The smallest absolute Gasteiger partial charge is 0.0575 e. The maximum Gasteiger partial charge on any atom is 0.0575 e. The first-order valence-corrected chi connectivity index (χ1v) is 4.07. The lowest BCUT2D eigenvalue weighted by atomic mass is 10.0. The molecule has 1 aliphatic heterocycles. The van der Waals surface area contributed by atoms with Crippen molar-refractivity contribution in [3.63, 3.8) is 0 Å². The second-order valence-corrected chi connectivity index (χ2v) is 3.05. The molecule has 1 heterocycles. The Morgan fingerprint density at radius 3 is 2.90 bits per heavy atom. The summed E-state index contributed by atoms with van der Waals surface area (Å²) in [6.45, 7) is 5.28. The largest absolute Gasteiger partial charge is 0.378 e. The van der Waals surface area contributed by atoms with E-state index in [1.54, 1.807) is 0 Å². The summed E-state index contributed by atoms with van der Waals surface area (Å²) in [4.78, 5) is 0. The highest BCUT2D eigenvalue weighted by atomic mass is 16.5. The van der Waals surface area contributed by atoms with Gasteiger partial charge in [0.1, 0.15) is 0 Å². The molecule has 2 unspecified atom stereocenters. The molecule has 1 heteroatoms. The summed E-state index contributed by atoms with van der Waals surface area (Å²) < 4.78 is 5.54. The first-order valence-electron chi connectivity index (χ1n) is 4.07. The predicted octanol–water partition coefficient (Wildman–Crippen LogP) is 2.38. The van der Waals surface area contributed by atoms with Crippen LogP contribution in [0.1, 0.15) is 26.7 Å². The molecule has 0 radical (unpaired) electrons. The summed E-state index contributed by atoms with van der Waals surface area (Å²) in [5.41, 5.74) is 0. The molecule has 0 spiro atoms. The minimum Gasteiger partial charge on any atom is -0.378 e. The number of allylic oxidation sites excluding steroid dienone is 1. The highest BCUT2D eigenvalue weighted by molar-refractivity contribution is 4.86. The van der Waals surface area contributed by atoms with Crippen molar-refractivity contribution in [3.8, 4) is 0 Å². The van der Waals surface area contributed by atoms with Crippen molar-refractivity contribution in [2.24, 2.45) is 5.92 Å². The molecule has 2 atom stereocenters. The first-order chi connectivity index (χ1) is 4.80. The minimum absolute atomic E-state index is 0.435. The molecule has 0 aromatic heterocycles. The van der Waals surface area contributed by atoms with Crippen LogP contribution in [-0.4, -0.2) is 12.7 Å². The highest BCUT2D eigenvalue weighted by Gasteiger charge is 2.11. The van der Waals surface area contributed by atoms with Gasteiger partial charge in [-0.05, 0) is 25.7 Å². The summed E-state index contributed by atoms with van der Waals surface area (Å²) in [6, 6.07) is 0. The third-order valence-electron chi connectivity index (χ3n) is 2.14. The Morgan fingerprint density at radius 1 is 1.30 bits per heavy atom. The molecule has 0 saturated carbocycles. The van der Waals surface area contributed by atoms with Gasteiger partial charge in [-0.3, -0.25) is 0 Å². The number of hydrogen-bond donors (Lipinski definition) is 0. The zero-order valence-corrected chi connectivity index (χ0v) is 6.84. The Kier molecular flexibility index (Phi) is 2.94. The molecule has 0 N–H and O–H groups in total. The molecule has 0 saturated heterocycles. The monoisotopic (exact) mass is 140 g/mol. The van der Waals surface area contributed by atoms with Crippen LogP contribution in [0.25, 0.3) is 0 Å². The normalized spacial score (nSPS) is 38.2. The fourth-order valence-corrected chi connectivity index (χ4v) is 1.11. The lowest BCUT2D eigenvalue weighted by Crippen LogP contribution is -2.19. The van der Waals surface area contributed by atoms with Crippen LogP contribution in [0, 0.1) is 5.92 Å². The van der Waals surface area contributed by atoms with Crippen LogP contribution in [0.5, 0.6) is 0 Å². The van der Waals surface area contributed by atoms with Gasteiger partial charge in [0.2, 0.25) is 0 Å². The van der Waals surface area contributed by atoms with E-state index >= 15 is 0 Å². The topological polar surface area (TPSA) is 9.23 Å². The van der Waals surface area contributed by atoms with E-state index in [-0.39, 0.29) is 0 Å². The highest BCUT2D eigenvalue weighted by Crippen LogP contribution is 2.14. The van der Waals surface area contributed by atoms with Crippen molar-refractivity contribution in [2.75, 3.05) is 6.61 Å². The average molecular weight is 140 g/mol. The van der Waals surface area contributed by atoms with Crippen LogP contribution in [0.3, 0.4) is 0 Å². The summed E-state index contributed by atoms with van der Waals surface area (Å²) in [7, 11) is 0. The Hall–Kier alpha value is -0.300. The number of hydrogen-bond acceptors (Lipinski definition) is 1. The Balaban J connectivity index is 2.41. The van der Waals surface area contributed by atoms with Crippen LogP contribution in [0.4, 0.5) is 0 Å². The van der Waals surface area contributed by atoms with Crippen molar-refractivity contribution >= 4 is 0 Å². The maximum atomic E-state index is 5.54. The van der Waals surface area contributed by atoms with Gasteiger partial charge in [-0.25, -0.2) is 0 Å². The summed E-state index contributed by atoms with van der Waals surface area (Å²) in [5, 5.41) is 0. The van der Waals surface area contributed by atoms with E-state index in [0.29, 0.717) is 12.0 Å². The molecular formula is C9H16O. The van der Waals surface area contributed by atoms with Crippen LogP contribution in [0.2, 0.25) is 0 Å². The third-order valence-corrected chi connectivity index (χ3v) is 2.14. The second-order valence-electron chi connectivity index (χ2n) is 3.05. The molecule has 58 valence electrons. The van der Waals surface area contributed by atoms with Gasteiger partial charge in [0.25, 0.3) is 0 Å². The molecule has 0 aliphatic carbocycles. The van der Waals surface area contributed by atoms with Crippen molar-refractivity contribution in [2.45, 2.75) is 32.8 Å². The van der Waals surface area contributed by atoms with Gasteiger partial charge in [0.05, 0.1) is 12.7 Å². The summed E-state index contributed by atoms with van der Waals surface area (Å²) >= 11 is 0. The summed E-state index contributed by atoms with van der Waals surface area (Å²) in [6.07, 6.45) is 7.16. The molecule has 1 aliphatic rings. The molecule has 0 bridgehead atoms. The van der Waals surface area contributed by atoms with E-state index < -0.39 is 0 Å². The van der Waals surface area contributed by atoms with E-state index in [0.717, 1.165) is 13.0 Å². The van der Waals surface area contributed by atoms with Gasteiger partial charge in [-0.1, -0.05) is 19.1 Å². The van der Waals surface area contributed by atoms with Gasteiger partial charge in [0.15, 0.2) is 0 Å². The molecule has 0 amide bonds. The van der Waals surface area contributed by atoms with Crippen molar-refractivity contribution in [1.82, 2.24) is 0 Å². The third kappa shape index (κ3) is 2.14. The van der Waals surface area contributed by atoms with Crippen molar-refractivity contribution in [3.05, 3.63) is 12.2 Å². The van der Waals surface area contributed by atoms with Gasteiger partial charge >= 0.3 is 0 Å². The van der Waals surface area contributed by atoms with Gasteiger partial charge < -0.3 is 4.74 Å². The fraction of sp³-hybridized carbons (Fsp3) is 0.778. The molecule has 0 fully saturated rings. The Morgan fingerprint density at radius 2 is 2.10 bits per heavy atom. The quantitative estimate of drug-likeness (QED) is 0.469. The Labute approximate surface area is 63.1 Å². The van der Waals surface area contributed by atoms with E-state index in [9.17, 15) is 0 Å². The molecule has 0 aromatic rings. The molecule has 1 rings (SSSR count). The van der Waals surface area contributed by atoms with Crippen molar-refractivity contribution < 1.29 is 4.74 Å². The van der Waals surface area contributed by atoms with E-state index in [1.165, 1.54) is 6.42 Å². The summed E-state index contributed by atoms with van der Waals surface area (Å²) in [5.74, 6) is 0.677. The van der Waals surface area contributed by atoms with E-state index in [4.69, 9.17) is 4.74 Å². The number of ether oxygens (including phenoxy) is 1. The average Bonchev–Trinajstić information content (AvgIpc) is 1.92.